The van der Waals surface area contributed by atoms with E-state index < -0.39 is 128 Å². The van der Waals surface area contributed by atoms with E-state index in [1.807, 2.05) is 0 Å². The molecule has 0 unspecified atom stereocenters. The van der Waals surface area contributed by atoms with Gasteiger partial charge in [0.25, 0.3) is 30.4 Å². The van der Waals surface area contributed by atoms with Crippen molar-refractivity contribution in [3.63, 3.8) is 0 Å². The normalized spacial score (nSPS) is 13.7. The van der Waals surface area contributed by atoms with Gasteiger partial charge in [-0.1, -0.05) is 0 Å². The van der Waals surface area contributed by atoms with E-state index in [1.165, 1.54) is 66.7 Å². The number of carbonyl (C=O) groups is 1. The van der Waals surface area contributed by atoms with Crippen LogP contribution in [0.4, 0.5) is 61.7 Å². The number of carbonyl (C=O) groups excluding carboxylic acids is 1. The van der Waals surface area contributed by atoms with E-state index in [0.29, 0.717) is 6.07 Å². The number of nitrogens with zero attached hydrogens (tertiary/aromatic N) is 8. The van der Waals surface area contributed by atoms with Gasteiger partial charge in [-0.25, -0.2) is 4.79 Å². The molecular formula is C45H38N10O21S6. The van der Waals surface area contributed by atoms with Gasteiger partial charge in [-0.3, -0.25) is 13.7 Å². The van der Waals surface area contributed by atoms with Crippen LogP contribution < -0.4 is 10.6 Å². The fourth-order valence-corrected chi connectivity index (χ4v) is 10.9. The van der Waals surface area contributed by atoms with Crippen LogP contribution in [0.3, 0.4) is 0 Å². The number of fused-ring (bicyclic) bond motifs is 2. The van der Waals surface area contributed by atoms with Crippen LogP contribution in [-0.4, -0.2) is 96.1 Å². The molecule has 0 aliphatic rings. The van der Waals surface area contributed by atoms with Gasteiger partial charge >= 0.3 is 6.03 Å². The van der Waals surface area contributed by atoms with Crippen LogP contribution in [0, 0.1) is 0 Å². The Balaban J connectivity index is 1.06. The number of aromatic hydroxyl groups is 2. The van der Waals surface area contributed by atoms with Crippen molar-refractivity contribution in [2.45, 2.75) is 29.4 Å². The molecule has 0 fully saturated rings. The number of azo groups is 4. The molecule has 0 saturated carbocycles. The van der Waals surface area contributed by atoms with E-state index in [1.54, 1.807) is 0 Å². The van der Waals surface area contributed by atoms with Crippen molar-refractivity contribution in [1.29, 1.82) is 0 Å². The molecule has 0 aliphatic carbocycles. The Morgan fingerprint density at radius 3 is 1.30 bits per heavy atom. The fourth-order valence-electron chi connectivity index (χ4n) is 7.31. The summed E-state index contributed by atoms with van der Waals surface area (Å²) in [5, 5.41) is 57.3. The highest BCUT2D eigenvalue weighted by Gasteiger charge is 2.28. The van der Waals surface area contributed by atoms with Crippen molar-refractivity contribution in [1.82, 2.24) is 0 Å². The lowest BCUT2D eigenvalue weighted by atomic mass is 10.1. The molecule has 0 aromatic heterocycles. The van der Waals surface area contributed by atoms with Crippen LogP contribution in [0.1, 0.15) is 0 Å². The first kappa shape index (κ1) is 60.1. The largest absolute Gasteiger partial charge is 0.507 e. The molecule has 2 amide bonds. The van der Waals surface area contributed by atoms with Gasteiger partial charge in [0.1, 0.15) is 70.9 Å². The summed E-state index contributed by atoms with van der Waals surface area (Å²) < 4.78 is 193. The van der Waals surface area contributed by atoms with Crippen LogP contribution in [0.2, 0.25) is 0 Å². The zero-order valence-electron chi connectivity index (χ0n) is 40.3. The summed E-state index contributed by atoms with van der Waals surface area (Å²) in [5.41, 5.74) is -2.81. The maximum absolute atomic E-state index is 13.5. The zero-order chi connectivity index (χ0) is 59.9. The number of amides is 2. The van der Waals surface area contributed by atoms with E-state index in [-0.39, 0.29) is 60.6 Å². The quantitative estimate of drug-likeness (QED) is 0.0315. The number of phenolic OH excluding ortho intramolecular Hbond substituents is 2. The molecule has 0 aliphatic heterocycles. The van der Waals surface area contributed by atoms with Gasteiger partial charge < -0.3 is 61.8 Å². The SMILES string of the molecule is O=C(Nc1ccc2c(O)c(N=Nc3ccc(N=Nc4ccc(S(O)(O)O)cc4)cc3S(=O)(=O)O)c(S(O)(O)O)cc2c1)Nc1ccc2c(O)cc(S(=O)(=O)O)c(N=Nc3ccc(N=Nc4ccc(S(=O)(=O)O)cc4)cc3S(O)(O)O)c2c1. The summed E-state index contributed by atoms with van der Waals surface area (Å²) >= 11 is 0. The van der Waals surface area contributed by atoms with E-state index >= 15 is 0 Å². The third-order valence-electron chi connectivity index (χ3n) is 11.0. The second kappa shape index (κ2) is 22.7. The highest BCUT2D eigenvalue weighted by Crippen LogP contribution is 2.55. The minimum atomic E-state index is -5.25. The highest BCUT2D eigenvalue weighted by molar-refractivity contribution is 8.20. The van der Waals surface area contributed by atoms with Crippen molar-refractivity contribution >= 4 is 147 Å². The Labute approximate surface area is 465 Å². The van der Waals surface area contributed by atoms with Crippen LogP contribution in [-0.2, 0) is 30.4 Å². The van der Waals surface area contributed by atoms with Gasteiger partial charge in [-0.2, -0.15) is 45.7 Å². The third kappa shape index (κ3) is 14.2. The molecule has 8 aromatic rings. The molecule has 31 nitrogen and oxygen atoms in total. The molecule has 16 N–H and O–H groups in total. The molecule has 0 atom stereocenters. The maximum atomic E-state index is 13.5. The molecule has 8 aromatic carbocycles. The molecule has 0 radical (unpaired) electrons. The number of anilines is 2. The standard InChI is InChI=1S/C45H38N10O21S6/c56-37-22-41(82(74,75)76)42(54-52-35-15-7-28(20-38(35)79(65,66)67)50-48-24-1-9-30(10-2-24)77(59,60)61)34-19-27(6-14-33(34)37)47-45(58)46-26-5-13-32-23(17-26)18-40(81(71,72)73)43(44(32)57)55-53-36-16-8-29(21-39(36)80(68,69)70)51-49-25-3-11-31(12-4-25)78(62,63)64/h1-22,56-57,62-67,71-73H,(H2,46,47,58)(H,59,60,61)(H,68,69,70)(H,74,75,76). The average molecular weight is 1250 g/mol. The maximum Gasteiger partial charge on any atom is 0.323 e. The minimum absolute atomic E-state index is 0.0521. The van der Waals surface area contributed by atoms with Crippen LogP contribution in [0.25, 0.3) is 21.5 Å². The second-order valence-electron chi connectivity index (χ2n) is 16.7. The summed E-state index contributed by atoms with van der Waals surface area (Å²) in [4.78, 5) is 9.33. The molecule has 0 heterocycles. The first-order chi connectivity index (χ1) is 38.1. The van der Waals surface area contributed by atoms with E-state index in [2.05, 4.69) is 51.5 Å². The van der Waals surface area contributed by atoms with Crippen LogP contribution >= 0.6 is 32.6 Å². The Hall–Kier alpha value is -8.03. The fraction of sp³-hybridized carbons (Fsp3) is 0. The average Bonchev–Trinajstić information content (AvgIpc) is 3.58. The second-order valence-corrected chi connectivity index (χ2v) is 25.3. The van der Waals surface area contributed by atoms with Crippen molar-refractivity contribution in [3.8, 4) is 11.5 Å². The number of hydrogen-bond donors (Lipinski definition) is 16. The Kier molecular flexibility index (Phi) is 16.6. The lowest BCUT2D eigenvalue weighted by Crippen LogP contribution is -2.19. The lowest BCUT2D eigenvalue weighted by Gasteiger charge is -2.22. The van der Waals surface area contributed by atoms with Crippen LogP contribution in [0.15, 0.2) is 204 Å². The summed E-state index contributed by atoms with van der Waals surface area (Å²) in [6.45, 7) is 0. The molecule has 0 spiro atoms. The first-order valence-electron chi connectivity index (χ1n) is 21.9. The predicted octanol–water partition coefficient (Wildman–Crippen LogP) is 14.2. The smallest absolute Gasteiger partial charge is 0.323 e. The minimum Gasteiger partial charge on any atom is -0.507 e. The van der Waals surface area contributed by atoms with Gasteiger partial charge in [-0.05, 0) is 133 Å². The van der Waals surface area contributed by atoms with Gasteiger partial charge in [-0.15, -0.1) is 20.5 Å². The first-order valence-corrected chi connectivity index (χ1v) is 30.7. The van der Waals surface area contributed by atoms with Crippen LogP contribution in [0.5, 0.6) is 11.5 Å². The summed E-state index contributed by atoms with van der Waals surface area (Å²) in [6, 6.07) is 23.2. The number of rotatable bonds is 16. The summed E-state index contributed by atoms with van der Waals surface area (Å²) in [6.07, 6.45) is 0. The van der Waals surface area contributed by atoms with E-state index in [0.717, 1.165) is 60.7 Å². The number of benzene rings is 8. The Morgan fingerprint density at radius 2 is 0.805 bits per heavy atom. The van der Waals surface area contributed by atoms with Gasteiger partial charge in [0.05, 0.1) is 42.3 Å². The molecule has 0 saturated heterocycles. The van der Waals surface area contributed by atoms with Crippen molar-refractivity contribution in [3.05, 3.63) is 133 Å². The van der Waals surface area contributed by atoms with Crippen molar-refractivity contribution in [2.75, 3.05) is 10.6 Å². The summed E-state index contributed by atoms with van der Waals surface area (Å²) in [7, 11) is -28.3. The van der Waals surface area contributed by atoms with Gasteiger partial charge in [0, 0.05) is 33.6 Å². The van der Waals surface area contributed by atoms with Gasteiger partial charge in [0.2, 0.25) is 0 Å². The Morgan fingerprint density at radius 1 is 0.354 bits per heavy atom. The van der Waals surface area contributed by atoms with Gasteiger partial charge in [0.15, 0.2) is 5.75 Å². The third-order valence-corrected chi connectivity index (χ3v) is 16.4. The topological polar surface area (TPSA) is 526 Å². The zero-order valence-corrected chi connectivity index (χ0v) is 45.2. The monoisotopic (exact) mass is 1250 g/mol. The van der Waals surface area contributed by atoms with E-state index in [9.17, 15) is 94.9 Å². The molecule has 430 valence electrons. The summed E-state index contributed by atoms with van der Waals surface area (Å²) in [5.74, 6) is -1.56. The van der Waals surface area contributed by atoms with E-state index in [4.69, 9.17) is 0 Å². The molecule has 8 rings (SSSR count). The predicted molar refractivity (Wildman–Crippen MR) is 297 cm³/mol. The number of urea groups is 1. The number of phenols is 2. The number of nitrogens with one attached hydrogen (secondary N) is 2. The number of hydrogen-bond acceptors (Lipinski definition) is 26. The highest BCUT2D eigenvalue weighted by atomic mass is 32.3. The lowest BCUT2D eigenvalue weighted by molar-refractivity contribution is 0.262. The van der Waals surface area contributed by atoms with Crippen molar-refractivity contribution < 1.29 is 94.9 Å². The molecule has 82 heavy (non-hydrogen) atoms. The van der Waals surface area contributed by atoms with Crippen molar-refractivity contribution in [2.24, 2.45) is 40.9 Å². The molecule has 37 heteroatoms. The Bertz CT molecular complexity index is 4370. The molecule has 0 bridgehead atoms. The molecular weight excluding hydrogens is 1210 g/mol.